The molecule has 0 aromatic carbocycles. The van der Waals surface area contributed by atoms with Crippen LogP contribution in [0, 0.1) is 0 Å². The number of aromatic nitrogens is 2. The number of carbonyl (C=O) groups is 2. The van der Waals surface area contributed by atoms with E-state index < -0.39 is 11.7 Å². The van der Waals surface area contributed by atoms with Crippen molar-refractivity contribution in [2.24, 2.45) is 0 Å². The van der Waals surface area contributed by atoms with E-state index in [0.29, 0.717) is 13.0 Å². The van der Waals surface area contributed by atoms with E-state index in [1.54, 1.807) is 0 Å². The molecule has 0 radical (unpaired) electrons. The molecule has 0 aliphatic rings. The van der Waals surface area contributed by atoms with Crippen LogP contribution in [0.3, 0.4) is 0 Å². The molecule has 0 atom stereocenters. The fourth-order valence-electron chi connectivity index (χ4n) is 1.89. The quantitative estimate of drug-likeness (QED) is 0.738. The van der Waals surface area contributed by atoms with Gasteiger partial charge in [-0.1, -0.05) is 6.42 Å². The average molecular weight is 323 g/mol. The minimum Gasteiger partial charge on any atom is -0.444 e. The minimum absolute atomic E-state index is 0.000187. The summed E-state index contributed by atoms with van der Waals surface area (Å²) in [5.41, 5.74) is -0.726. The Balaban J connectivity index is 2.11. The number of ether oxygens (including phenoxy) is 1. The van der Waals surface area contributed by atoms with E-state index in [4.69, 9.17) is 4.74 Å². The van der Waals surface area contributed by atoms with Crippen LogP contribution in [0.1, 0.15) is 46.5 Å². The third kappa shape index (κ3) is 8.75. The largest absolute Gasteiger partial charge is 0.444 e. The van der Waals surface area contributed by atoms with Gasteiger partial charge in [0.2, 0.25) is 0 Å². The SMILES string of the molecule is CC(C)(C)OC(=O)NCCCCCC(=O)Cn1cnccc1=O. The van der Waals surface area contributed by atoms with Gasteiger partial charge in [-0.2, -0.15) is 0 Å². The number of amides is 1. The molecule has 7 nitrogen and oxygen atoms in total. The summed E-state index contributed by atoms with van der Waals surface area (Å²) in [7, 11) is 0. The highest BCUT2D eigenvalue weighted by Gasteiger charge is 2.15. The molecule has 0 bridgehead atoms. The predicted octanol–water partition coefficient (Wildman–Crippen LogP) is 1.90. The van der Waals surface area contributed by atoms with Crippen LogP contribution in [-0.2, 0) is 16.1 Å². The molecule has 0 saturated carbocycles. The van der Waals surface area contributed by atoms with Crippen LogP contribution < -0.4 is 10.9 Å². The number of hydrogen-bond acceptors (Lipinski definition) is 5. The van der Waals surface area contributed by atoms with Crippen molar-refractivity contribution in [2.75, 3.05) is 6.54 Å². The normalized spacial score (nSPS) is 11.1. The molecule has 1 amide bonds. The molecule has 23 heavy (non-hydrogen) atoms. The lowest BCUT2D eigenvalue weighted by atomic mass is 10.1. The maximum atomic E-state index is 11.8. The maximum Gasteiger partial charge on any atom is 0.407 e. The Kier molecular flexibility index (Phi) is 7.44. The Bertz CT molecular complexity index is 575. The lowest BCUT2D eigenvalue weighted by molar-refractivity contribution is -0.119. The Morgan fingerprint density at radius 2 is 2.00 bits per heavy atom. The zero-order valence-electron chi connectivity index (χ0n) is 14.0. The molecule has 1 rings (SSSR count). The van der Waals surface area contributed by atoms with E-state index >= 15 is 0 Å². The molecule has 0 aliphatic carbocycles. The number of rotatable bonds is 8. The standard InChI is InChI=1S/C16H25N3O4/c1-16(2,3)23-15(22)18-9-6-4-5-7-13(20)11-19-12-17-10-8-14(19)21/h8,10,12H,4-7,9,11H2,1-3H3,(H,18,22). The van der Waals surface area contributed by atoms with Gasteiger partial charge in [-0.05, 0) is 33.6 Å². The molecule has 0 fully saturated rings. The second-order valence-electron chi connectivity index (χ2n) is 6.32. The third-order valence-corrected chi connectivity index (χ3v) is 2.94. The van der Waals surface area contributed by atoms with Gasteiger partial charge in [0.1, 0.15) is 5.60 Å². The molecule has 0 saturated heterocycles. The Morgan fingerprint density at radius 1 is 1.26 bits per heavy atom. The van der Waals surface area contributed by atoms with Crippen molar-refractivity contribution in [1.29, 1.82) is 0 Å². The Hall–Kier alpha value is -2.18. The maximum absolute atomic E-state index is 11.8. The van der Waals surface area contributed by atoms with Crippen LogP contribution in [0.5, 0.6) is 0 Å². The second-order valence-corrected chi connectivity index (χ2v) is 6.32. The molecule has 128 valence electrons. The van der Waals surface area contributed by atoms with E-state index in [-0.39, 0.29) is 17.9 Å². The van der Waals surface area contributed by atoms with E-state index in [1.165, 1.54) is 23.2 Å². The number of carbonyl (C=O) groups excluding carboxylic acids is 2. The van der Waals surface area contributed by atoms with Crippen LogP contribution in [0.2, 0.25) is 0 Å². The lowest BCUT2D eigenvalue weighted by Gasteiger charge is -2.19. The highest BCUT2D eigenvalue weighted by Crippen LogP contribution is 2.06. The molecule has 0 spiro atoms. The first-order valence-corrected chi connectivity index (χ1v) is 7.77. The van der Waals surface area contributed by atoms with Crippen molar-refractivity contribution in [3.8, 4) is 0 Å². The summed E-state index contributed by atoms with van der Waals surface area (Å²) in [5, 5.41) is 2.67. The molecule has 1 aromatic rings. The van der Waals surface area contributed by atoms with Crippen molar-refractivity contribution >= 4 is 11.9 Å². The summed E-state index contributed by atoms with van der Waals surface area (Å²) in [6.45, 7) is 6.01. The van der Waals surface area contributed by atoms with E-state index in [1.807, 2.05) is 20.8 Å². The van der Waals surface area contributed by atoms with Gasteiger partial charge in [-0.25, -0.2) is 9.78 Å². The van der Waals surface area contributed by atoms with Crippen LogP contribution in [0.15, 0.2) is 23.4 Å². The van der Waals surface area contributed by atoms with Gasteiger partial charge in [0, 0.05) is 25.2 Å². The van der Waals surface area contributed by atoms with Gasteiger partial charge in [-0.3, -0.25) is 14.2 Å². The fourth-order valence-corrected chi connectivity index (χ4v) is 1.89. The number of unbranched alkanes of at least 4 members (excludes halogenated alkanes) is 2. The molecular weight excluding hydrogens is 298 g/mol. The molecular formula is C16H25N3O4. The van der Waals surface area contributed by atoms with Gasteiger partial charge in [0.05, 0.1) is 12.9 Å². The third-order valence-electron chi connectivity index (χ3n) is 2.94. The van der Waals surface area contributed by atoms with E-state index in [2.05, 4.69) is 10.3 Å². The van der Waals surface area contributed by atoms with Gasteiger partial charge in [0.15, 0.2) is 5.78 Å². The minimum atomic E-state index is -0.499. The number of hydrogen-bond donors (Lipinski definition) is 1. The van der Waals surface area contributed by atoms with Gasteiger partial charge in [-0.15, -0.1) is 0 Å². The average Bonchev–Trinajstić information content (AvgIpc) is 2.43. The highest BCUT2D eigenvalue weighted by molar-refractivity contribution is 5.78. The first-order chi connectivity index (χ1) is 10.8. The first-order valence-electron chi connectivity index (χ1n) is 7.77. The van der Waals surface area contributed by atoms with Crippen LogP contribution >= 0.6 is 0 Å². The number of ketones is 1. The molecule has 0 aliphatic heterocycles. The summed E-state index contributed by atoms with van der Waals surface area (Å²) in [6, 6.07) is 1.33. The zero-order valence-corrected chi connectivity index (χ0v) is 14.0. The van der Waals surface area contributed by atoms with Gasteiger partial charge >= 0.3 is 6.09 Å². The molecule has 1 N–H and O–H groups in total. The summed E-state index contributed by atoms with van der Waals surface area (Å²) >= 11 is 0. The van der Waals surface area contributed by atoms with E-state index in [0.717, 1.165) is 19.3 Å². The Morgan fingerprint density at radius 3 is 2.65 bits per heavy atom. The van der Waals surface area contributed by atoms with Crippen molar-refractivity contribution in [1.82, 2.24) is 14.9 Å². The van der Waals surface area contributed by atoms with Gasteiger partial charge in [0.25, 0.3) is 5.56 Å². The zero-order chi connectivity index (χ0) is 17.3. The van der Waals surface area contributed by atoms with E-state index in [9.17, 15) is 14.4 Å². The number of nitrogens with zero attached hydrogens (tertiary/aromatic N) is 2. The van der Waals surface area contributed by atoms with Crippen LogP contribution in [0.4, 0.5) is 4.79 Å². The van der Waals surface area contributed by atoms with Crippen LogP contribution in [0.25, 0.3) is 0 Å². The first kappa shape index (κ1) is 18.9. The molecule has 7 heteroatoms. The van der Waals surface area contributed by atoms with Crippen molar-refractivity contribution in [3.05, 3.63) is 28.9 Å². The summed E-state index contributed by atoms with van der Waals surface area (Å²) in [5.74, 6) is 0.000187. The topological polar surface area (TPSA) is 90.3 Å². The molecule has 0 unspecified atom stereocenters. The summed E-state index contributed by atoms with van der Waals surface area (Å²) < 4.78 is 6.42. The Labute approximate surface area is 136 Å². The number of Topliss-reactive ketones (excluding diaryl/α,β-unsaturated/α-hetero) is 1. The number of alkyl carbamates (subject to hydrolysis) is 1. The monoisotopic (exact) mass is 323 g/mol. The number of nitrogens with one attached hydrogen (secondary N) is 1. The smallest absolute Gasteiger partial charge is 0.407 e. The molecule has 1 aromatic heterocycles. The van der Waals surface area contributed by atoms with Gasteiger partial charge < -0.3 is 10.1 Å². The van der Waals surface area contributed by atoms with Crippen molar-refractivity contribution < 1.29 is 14.3 Å². The second kappa shape index (κ2) is 9.07. The fraction of sp³-hybridized carbons (Fsp3) is 0.625. The van der Waals surface area contributed by atoms with Crippen molar-refractivity contribution in [3.63, 3.8) is 0 Å². The lowest BCUT2D eigenvalue weighted by Crippen LogP contribution is -2.33. The predicted molar refractivity (Wildman–Crippen MR) is 86.2 cm³/mol. The molecule has 1 heterocycles. The highest BCUT2D eigenvalue weighted by atomic mass is 16.6. The summed E-state index contributed by atoms with van der Waals surface area (Å²) in [6.07, 6.45) is 5.08. The van der Waals surface area contributed by atoms with Crippen molar-refractivity contribution in [2.45, 2.75) is 58.6 Å². The summed E-state index contributed by atoms with van der Waals surface area (Å²) in [4.78, 5) is 38.5. The van der Waals surface area contributed by atoms with Crippen LogP contribution in [-0.4, -0.2) is 33.6 Å².